The minimum atomic E-state index is -0.371. The maximum Gasteiger partial charge on any atom is 0.225 e. The molecule has 1 aromatic heterocycles. The van der Waals surface area contributed by atoms with Crippen LogP contribution in [0.25, 0.3) is 0 Å². The lowest BCUT2D eigenvalue weighted by atomic mass is 10.2. The van der Waals surface area contributed by atoms with Crippen molar-refractivity contribution in [2.24, 2.45) is 5.92 Å². The molecule has 1 N–H and O–H groups in total. The van der Waals surface area contributed by atoms with E-state index in [-0.39, 0.29) is 5.82 Å². The van der Waals surface area contributed by atoms with Gasteiger partial charge in [0.15, 0.2) is 5.82 Å². The van der Waals surface area contributed by atoms with Crippen molar-refractivity contribution in [2.75, 3.05) is 24.5 Å². The number of nitrogens with one attached hydrogen (secondary N) is 1. The summed E-state index contributed by atoms with van der Waals surface area (Å²) in [5, 5.41) is 3.49. The molecule has 1 aromatic rings. The number of hydrogen-bond donors (Lipinski definition) is 1. The Morgan fingerprint density at radius 1 is 1.22 bits per heavy atom. The van der Waals surface area contributed by atoms with Crippen molar-refractivity contribution in [3.8, 4) is 0 Å². The van der Waals surface area contributed by atoms with Crippen LogP contribution in [-0.2, 0) is 0 Å². The van der Waals surface area contributed by atoms with Crippen LogP contribution >= 0.6 is 0 Å². The monoisotopic (exact) mass is 250 g/mol. The van der Waals surface area contributed by atoms with E-state index in [1.807, 2.05) is 0 Å². The fourth-order valence-corrected chi connectivity index (χ4v) is 2.50. The van der Waals surface area contributed by atoms with E-state index in [1.165, 1.54) is 38.1 Å². The van der Waals surface area contributed by atoms with Gasteiger partial charge in [-0.25, -0.2) is 14.4 Å². The fraction of sp³-hybridized carbons (Fsp3) is 0.692. The molecule has 1 aliphatic heterocycles. The molecular weight excluding hydrogens is 231 g/mol. The van der Waals surface area contributed by atoms with Crippen LogP contribution < -0.4 is 10.2 Å². The Morgan fingerprint density at radius 2 is 2.00 bits per heavy atom. The summed E-state index contributed by atoms with van der Waals surface area (Å²) in [4.78, 5) is 10.4. The van der Waals surface area contributed by atoms with Gasteiger partial charge in [-0.3, -0.25) is 0 Å². The zero-order valence-electron chi connectivity index (χ0n) is 10.5. The van der Waals surface area contributed by atoms with Gasteiger partial charge in [0.25, 0.3) is 0 Å². The highest BCUT2D eigenvalue weighted by molar-refractivity contribution is 5.29. The predicted molar refractivity (Wildman–Crippen MR) is 68.0 cm³/mol. The molecule has 18 heavy (non-hydrogen) atoms. The van der Waals surface area contributed by atoms with Crippen LogP contribution in [0, 0.1) is 11.7 Å². The average Bonchev–Trinajstić information content (AvgIpc) is 3.04. The molecule has 1 aliphatic carbocycles. The van der Waals surface area contributed by atoms with Gasteiger partial charge in [0.1, 0.15) is 0 Å². The molecule has 4 nitrogen and oxygen atoms in total. The first-order chi connectivity index (χ1) is 8.81. The van der Waals surface area contributed by atoms with Gasteiger partial charge in [-0.1, -0.05) is 0 Å². The summed E-state index contributed by atoms with van der Waals surface area (Å²) in [6, 6.07) is 0.525. The predicted octanol–water partition coefficient (Wildman–Crippen LogP) is 1.58. The van der Waals surface area contributed by atoms with Crippen LogP contribution in [0.1, 0.15) is 25.7 Å². The summed E-state index contributed by atoms with van der Waals surface area (Å²) in [6.45, 7) is 3.04. The van der Waals surface area contributed by atoms with Gasteiger partial charge in [-0.15, -0.1) is 0 Å². The smallest absolute Gasteiger partial charge is 0.225 e. The van der Waals surface area contributed by atoms with E-state index in [2.05, 4.69) is 20.2 Å². The normalized spacial score (nSPS) is 23.3. The second-order valence-corrected chi connectivity index (χ2v) is 5.34. The average molecular weight is 250 g/mol. The lowest BCUT2D eigenvalue weighted by Crippen LogP contribution is -2.39. The summed E-state index contributed by atoms with van der Waals surface area (Å²) in [6.07, 6.45) is 7.56. The number of hydrogen-bond acceptors (Lipinski definition) is 4. The van der Waals surface area contributed by atoms with Gasteiger partial charge in [-0.2, -0.15) is 0 Å². The van der Waals surface area contributed by atoms with Gasteiger partial charge in [0.2, 0.25) is 5.95 Å². The first-order valence-corrected chi connectivity index (χ1v) is 6.77. The quantitative estimate of drug-likeness (QED) is 0.861. The van der Waals surface area contributed by atoms with Crippen LogP contribution in [0.2, 0.25) is 0 Å². The topological polar surface area (TPSA) is 41.1 Å². The van der Waals surface area contributed by atoms with Crippen molar-refractivity contribution in [2.45, 2.75) is 31.7 Å². The third kappa shape index (κ3) is 2.96. The van der Waals surface area contributed by atoms with Crippen LogP contribution in [0.3, 0.4) is 0 Å². The molecule has 98 valence electrons. The molecule has 2 heterocycles. The number of anilines is 1. The molecule has 0 spiro atoms. The Balaban J connectivity index is 1.68. The van der Waals surface area contributed by atoms with E-state index in [9.17, 15) is 4.39 Å². The Morgan fingerprint density at radius 3 is 2.61 bits per heavy atom. The van der Waals surface area contributed by atoms with Crippen LogP contribution in [0.4, 0.5) is 10.3 Å². The zero-order valence-corrected chi connectivity index (χ0v) is 10.5. The van der Waals surface area contributed by atoms with Gasteiger partial charge in [0, 0.05) is 19.1 Å². The Kier molecular flexibility index (Phi) is 3.41. The number of aromatic nitrogens is 2. The molecule has 1 saturated carbocycles. The standard InChI is InChI=1S/C13H19FN4/c14-11-6-16-13(17-7-11)18(8-10-3-4-10)9-12-2-1-5-15-12/h6-7,10,12,15H,1-5,8-9H2. The summed E-state index contributed by atoms with van der Waals surface area (Å²) in [5.41, 5.74) is 0. The first kappa shape index (κ1) is 11.8. The largest absolute Gasteiger partial charge is 0.339 e. The summed E-state index contributed by atoms with van der Waals surface area (Å²) in [7, 11) is 0. The van der Waals surface area contributed by atoms with E-state index in [1.54, 1.807) is 0 Å². The number of halogens is 1. The molecule has 2 fully saturated rings. The van der Waals surface area contributed by atoms with Gasteiger partial charge >= 0.3 is 0 Å². The molecule has 2 aliphatic rings. The highest BCUT2D eigenvalue weighted by Gasteiger charge is 2.27. The molecule has 0 bridgehead atoms. The highest BCUT2D eigenvalue weighted by atomic mass is 19.1. The van der Waals surface area contributed by atoms with Crippen LogP contribution in [-0.4, -0.2) is 35.6 Å². The summed E-state index contributed by atoms with van der Waals surface area (Å²) < 4.78 is 12.9. The third-order valence-corrected chi connectivity index (χ3v) is 3.67. The van der Waals surface area contributed by atoms with Crippen molar-refractivity contribution in [1.82, 2.24) is 15.3 Å². The first-order valence-electron chi connectivity index (χ1n) is 6.77. The van der Waals surface area contributed by atoms with E-state index in [0.29, 0.717) is 12.0 Å². The zero-order chi connectivity index (χ0) is 12.4. The fourth-order valence-electron chi connectivity index (χ4n) is 2.50. The minimum Gasteiger partial charge on any atom is -0.339 e. The van der Waals surface area contributed by atoms with Gasteiger partial charge in [-0.05, 0) is 38.1 Å². The van der Waals surface area contributed by atoms with Crippen molar-refractivity contribution >= 4 is 5.95 Å². The van der Waals surface area contributed by atoms with Crippen LogP contribution in [0.5, 0.6) is 0 Å². The van der Waals surface area contributed by atoms with Gasteiger partial charge in [0.05, 0.1) is 12.4 Å². The highest BCUT2D eigenvalue weighted by Crippen LogP contribution is 2.30. The number of nitrogens with zero attached hydrogens (tertiary/aromatic N) is 3. The number of rotatable bonds is 5. The Labute approximate surface area is 107 Å². The molecule has 3 rings (SSSR count). The molecular formula is C13H19FN4. The van der Waals surface area contributed by atoms with E-state index in [0.717, 1.165) is 25.6 Å². The van der Waals surface area contributed by atoms with Crippen molar-refractivity contribution in [3.05, 3.63) is 18.2 Å². The molecule has 1 saturated heterocycles. The summed E-state index contributed by atoms with van der Waals surface area (Å²) in [5.74, 6) is 1.07. The van der Waals surface area contributed by atoms with E-state index in [4.69, 9.17) is 0 Å². The lowest BCUT2D eigenvalue weighted by Gasteiger charge is -2.25. The Bertz CT molecular complexity index is 384. The van der Waals surface area contributed by atoms with E-state index < -0.39 is 0 Å². The molecule has 0 amide bonds. The Hall–Kier alpha value is -1.23. The van der Waals surface area contributed by atoms with Crippen LogP contribution in [0.15, 0.2) is 12.4 Å². The van der Waals surface area contributed by atoms with Crippen molar-refractivity contribution < 1.29 is 4.39 Å². The van der Waals surface area contributed by atoms with E-state index >= 15 is 0 Å². The van der Waals surface area contributed by atoms with Crippen molar-refractivity contribution in [1.29, 1.82) is 0 Å². The third-order valence-electron chi connectivity index (χ3n) is 3.67. The molecule has 1 unspecified atom stereocenters. The molecule has 0 aromatic carbocycles. The SMILES string of the molecule is Fc1cnc(N(CC2CC2)CC2CCCN2)nc1. The maximum atomic E-state index is 12.9. The second-order valence-electron chi connectivity index (χ2n) is 5.34. The second kappa shape index (κ2) is 5.18. The van der Waals surface area contributed by atoms with Gasteiger partial charge < -0.3 is 10.2 Å². The van der Waals surface area contributed by atoms with Crippen molar-refractivity contribution in [3.63, 3.8) is 0 Å². The lowest BCUT2D eigenvalue weighted by molar-refractivity contribution is 0.559. The summed E-state index contributed by atoms with van der Waals surface area (Å²) >= 11 is 0. The minimum absolute atomic E-state index is 0.371. The molecule has 5 heteroatoms. The molecule has 1 atom stereocenters. The molecule has 0 radical (unpaired) electrons. The maximum absolute atomic E-state index is 12.9.